The van der Waals surface area contributed by atoms with E-state index in [-0.39, 0.29) is 18.4 Å². The molecule has 37 heavy (non-hydrogen) atoms. The van der Waals surface area contributed by atoms with Gasteiger partial charge >= 0.3 is 0 Å². The van der Waals surface area contributed by atoms with Crippen LogP contribution in [0.4, 0.5) is 5.69 Å². The fourth-order valence-electron chi connectivity index (χ4n) is 4.15. The van der Waals surface area contributed by atoms with Crippen molar-refractivity contribution in [2.24, 2.45) is 5.92 Å². The fraction of sp³-hybridized carbons (Fsp3) is 0.357. The number of nitrogens with one attached hydrogen (secondary N) is 1. The number of rotatable bonds is 11. The third-order valence-corrected chi connectivity index (χ3v) is 7.43. The smallest absolute Gasteiger partial charge is 0.244 e. The van der Waals surface area contributed by atoms with Crippen molar-refractivity contribution in [1.29, 1.82) is 0 Å². The maximum absolute atomic E-state index is 13.8. The van der Waals surface area contributed by atoms with Crippen LogP contribution in [-0.4, -0.2) is 50.5 Å². The van der Waals surface area contributed by atoms with Crippen LogP contribution in [0.25, 0.3) is 10.8 Å². The van der Waals surface area contributed by atoms with Crippen molar-refractivity contribution >= 4 is 49.9 Å². The van der Waals surface area contributed by atoms with Gasteiger partial charge in [0.1, 0.15) is 12.6 Å². The lowest BCUT2D eigenvalue weighted by Crippen LogP contribution is -2.52. The lowest BCUT2D eigenvalue weighted by Gasteiger charge is -2.33. The summed E-state index contributed by atoms with van der Waals surface area (Å²) in [7, 11) is -3.82. The minimum atomic E-state index is -3.82. The van der Waals surface area contributed by atoms with Gasteiger partial charge in [0.2, 0.25) is 21.8 Å². The Balaban J connectivity index is 2.00. The molecule has 0 aromatic heterocycles. The molecule has 7 nitrogen and oxygen atoms in total. The molecule has 3 aromatic carbocycles. The second-order valence-corrected chi connectivity index (χ2v) is 11.8. The third kappa shape index (κ3) is 7.46. The molecule has 0 fully saturated rings. The molecule has 3 aromatic rings. The standard InChI is InChI=1S/C28H34ClN3O4S/c1-5-25(28(34)30-17-20(2)3)31(18-21-13-15-23(29)16-14-21)27(33)19-32(37(4,35)36)26-12-8-10-22-9-6-7-11-24(22)26/h6-16,20,25H,5,17-19H2,1-4H3,(H,30,34). The predicted octanol–water partition coefficient (Wildman–Crippen LogP) is 4.84. The summed E-state index contributed by atoms with van der Waals surface area (Å²) in [5.41, 5.74) is 1.20. The zero-order chi connectivity index (χ0) is 27.2. The van der Waals surface area contributed by atoms with E-state index < -0.39 is 28.5 Å². The van der Waals surface area contributed by atoms with Crippen molar-refractivity contribution in [3.63, 3.8) is 0 Å². The van der Waals surface area contributed by atoms with E-state index in [1.54, 1.807) is 36.4 Å². The van der Waals surface area contributed by atoms with Crippen LogP contribution in [0.15, 0.2) is 66.7 Å². The summed E-state index contributed by atoms with van der Waals surface area (Å²) >= 11 is 6.04. The molecule has 0 aliphatic heterocycles. The fourth-order valence-corrected chi connectivity index (χ4v) is 5.14. The number of fused-ring (bicyclic) bond motifs is 1. The Kier molecular flexibility index (Phi) is 9.56. The largest absolute Gasteiger partial charge is 0.354 e. The van der Waals surface area contributed by atoms with Crippen LogP contribution in [0.1, 0.15) is 32.8 Å². The van der Waals surface area contributed by atoms with Crippen molar-refractivity contribution in [3.8, 4) is 0 Å². The molecule has 0 saturated carbocycles. The first-order valence-electron chi connectivity index (χ1n) is 12.3. The molecule has 0 radical (unpaired) electrons. The van der Waals surface area contributed by atoms with E-state index in [0.29, 0.717) is 29.1 Å². The number of anilines is 1. The molecule has 1 unspecified atom stereocenters. The Hall–Kier alpha value is -3.10. The van der Waals surface area contributed by atoms with E-state index in [9.17, 15) is 18.0 Å². The molecule has 3 rings (SSSR count). The van der Waals surface area contributed by atoms with Gasteiger partial charge in [-0.15, -0.1) is 0 Å². The molecule has 9 heteroatoms. The van der Waals surface area contributed by atoms with Gasteiger partial charge in [-0.2, -0.15) is 0 Å². The molecule has 2 amide bonds. The van der Waals surface area contributed by atoms with Crippen molar-refractivity contribution in [2.75, 3.05) is 23.7 Å². The minimum Gasteiger partial charge on any atom is -0.354 e. The quantitative estimate of drug-likeness (QED) is 0.375. The lowest BCUT2D eigenvalue weighted by molar-refractivity contribution is -0.140. The molecule has 1 atom stereocenters. The Morgan fingerprint density at radius 1 is 0.973 bits per heavy atom. The second-order valence-electron chi connectivity index (χ2n) is 9.48. The van der Waals surface area contributed by atoms with Crippen LogP contribution in [0.2, 0.25) is 5.02 Å². The van der Waals surface area contributed by atoms with Gasteiger partial charge in [-0.3, -0.25) is 13.9 Å². The van der Waals surface area contributed by atoms with Crippen LogP contribution in [0.3, 0.4) is 0 Å². The number of benzene rings is 3. The SMILES string of the molecule is CCC(C(=O)NCC(C)C)N(Cc1ccc(Cl)cc1)C(=O)CN(c1cccc2ccccc12)S(C)(=O)=O. The average Bonchev–Trinajstić information content (AvgIpc) is 2.86. The molecule has 1 N–H and O–H groups in total. The highest BCUT2D eigenvalue weighted by Gasteiger charge is 2.32. The molecule has 0 saturated heterocycles. The first-order valence-corrected chi connectivity index (χ1v) is 14.5. The van der Waals surface area contributed by atoms with Gasteiger partial charge in [-0.1, -0.05) is 80.9 Å². The maximum Gasteiger partial charge on any atom is 0.244 e. The summed E-state index contributed by atoms with van der Waals surface area (Å²) in [5.74, 6) is -0.497. The Labute approximate surface area is 224 Å². The zero-order valence-electron chi connectivity index (χ0n) is 21.6. The Morgan fingerprint density at radius 2 is 1.62 bits per heavy atom. The normalized spacial score (nSPS) is 12.4. The number of hydrogen-bond acceptors (Lipinski definition) is 4. The van der Waals surface area contributed by atoms with Crippen LogP contribution in [0, 0.1) is 5.92 Å². The number of sulfonamides is 1. The summed E-state index contributed by atoms with van der Waals surface area (Å²) in [5, 5.41) is 5.05. The highest BCUT2D eigenvalue weighted by molar-refractivity contribution is 7.92. The molecule has 0 bridgehead atoms. The summed E-state index contributed by atoms with van der Waals surface area (Å²) < 4.78 is 27.0. The monoisotopic (exact) mass is 543 g/mol. The van der Waals surface area contributed by atoms with Gasteiger partial charge in [0.15, 0.2) is 0 Å². The summed E-state index contributed by atoms with van der Waals surface area (Å²) in [4.78, 5) is 28.4. The highest BCUT2D eigenvalue weighted by Crippen LogP contribution is 2.29. The van der Waals surface area contributed by atoms with Gasteiger partial charge in [0, 0.05) is 23.5 Å². The molecular formula is C28H34ClN3O4S. The van der Waals surface area contributed by atoms with Gasteiger partial charge in [0.25, 0.3) is 0 Å². The zero-order valence-corrected chi connectivity index (χ0v) is 23.2. The number of halogens is 1. The van der Waals surface area contributed by atoms with Gasteiger partial charge < -0.3 is 10.2 Å². The van der Waals surface area contributed by atoms with E-state index in [2.05, 4.69) is 5.32 Å². The Bertz CT molecular complexity index is 1340. The topological polar surface area (TPSA) is 86.8 Å². The number of nitrogens with zero attached hydrogens (tertiary/aromatic N) is 2. The lowest BCUT2D eigenvalue weighted by atomic mass is 10.1. The van der Waals surface area contributed by atoms with E-state index in [1.807, 2.05) is 51.1 Å². The molecule has 0 heterocycles. The van der Waals surface area contributed by atoms with Crippen molar-refractivity contribution < 1.29 is 18.0 Å². The Morgan fingerprint density at radius 3 is 2.24 bits per heavy atom. The molecular weight excluding hydrogens is 510 g/mol. The maximum atomic E-state index is 13.8. The number of amides is 2. The van der Waals surface area contributed by atoms with Crippen LogP contribution >= 0.6 is 11.6 Å². The summed E-state index contributed by atoms with van der Waals surface area (Å²) in [6, 6.07) is 19.0. The molecule has 0 aliphatic rings. The summed E-state index contributed by atoms with van der Waals surface area (Å²) in [6.45, 7) is 5.99. The first-order chi connectivity index (χ1) is 17.5. The molecule has 0 aliphatic carbocycles. The van der Waals surface area contributed by atoms with Crippen molar-refractivity contribution in [3.05, 3.63) is 77.3 Å². The van der Waals surface area contributed by atoms with E-state index in [1.165, 1.54) is 4.90 Å². The second kappa shape index (κ2) is 12.4. The van der Waals surface area contributed by atoms with Crippen LogP contribution in [-0.2, 0) is 26.2 Å². The van der Waals surface area contributed by atoms with Crippen LogP contribution < -0.4 is 9.62 Å². The van der Waals surface area contributed by atoms with Crippen molar-refractivity contribution in [1.82, 2.24) is 10.2 Å². The predicted molar refractivity (Wildman–Crippen MR) is 150 cm³/mol. The number of carbonyl (C=O) groups excluding carboxylic acids is 2. The van der Waals surface area contributed by atoms with Crippen molar-refractivity contribution in [2.45, 2.75) is 39.8 Å². The van der Waals surface area contributed by atoms with Gasteiger partial charge in [-0.05, 0) is 41.5 Å². The summed E-state index contributed by atoms with van der Waals surface area (Å²) in [6.07, 6.45) is 1.45. The van der Waals surface area contributed by atoms with E-state index in [0.717, 1.165) is 21.5 Å². The third-order valence-electron chi connectivity index (χ3n) is 6.05. The molecule has 0 spiro atoms. The van der Waals surface area contributed by atoms with Crippen LogP contribution in [0.5, 0.6) is 0 Å². The average molecular weight is 544 g/mol. The number of carbonyl (C=O) groups is 2. The van der Waals surface area contributed by atoms with Gasteiger partial charge in [0.05, 0.1) is 11.9 Å². The van der Waals surface area contributed by atoms with Gasteiger partial charge in [-0.25, -0.2) is 8.42 Å². The van der Waals surface area contributed by atoms with E-state index >= 15 is 0 Å². The molecule has 198 valence electrons. The van der Waals surface area contributed by atoms with E-state index in [4.69, 9.17) is 11.6 Å². The highest BCUT2D eigenvalue weighted by atomic mass is 35.5. The number of hydrogen-bond donors (Lipinski definition) is 1. The minimum absolute atomic E-state index is 0.136. The first kappa shape index (κ1) is 28.5.